The Labute approximate surface area is 53.1 Å². The van der Waals surface area contributed by atoms with Gasteiger partial charge in [-0.3, -0.25) is 0 Å². The summed E-state index contributed by atoms with van der Waals surface area (Å²) in [7, 11) is 1.91. The van der Waals surface area contributed by atoms with Crippen LogP contribution in [0.1, 0.15) is 6.92 Å². The summed E-state index contributed by atoms with van der Waals surface area (Å²) >= 11 is 0. The number of H-pyrrole nitrogens is 1. The van der Waals surface area contributed by atoms with Gasteiger partial charge in [-0.05, 0) is 12.1 Å². The lowest BCUT2D eigenvalue weighted by Gasteiger charge is -2.08. The summed E-state index contributed by atoms with van der Waals surface area (Å²) < 4.78 is 0. The molecule has 0 atom stereocenters. The molecule has 1 N–H and O–H groups in total. The zero-order valence-electron chi connectivity index (χ0n) is 5.50. The molecule has 0 aliphatic rings. The monoisotopic (exact) mass is 127 g/mol. The first-order chi connectivity index (χ1) is 4.34. The Morgan fingerprint density at radius 2 is 2.44 bits per heavy atom. The number of hydrogen-bond acceptors (Lipinski definition) is 4. The average Bonchev–Trinajstić information content (AvgIpc) is 2.37. The summed E-state index contributed by atoms with van der Waals surface area (Å²) in [4.78, 5) is 1.89. The molecule has 9 heavy (non-hydrogen) atoms. The second kappa shape index (κ2) is 2.43. The Morgan fingerprint density at radius 3 is 2.89 bits per heavy atom. The minimum atomic E-state index is 0.637. The number of nitrogens with one attached hydrogen (secondary N) is 1. The summed E-state index contributed by atoms with van der Waals surface area (Å²) in [6.07, 6.45) is 0. The van der Waals surface area contributed by atoms with E-state index in [1.165, 1.54) is 0 Å². The standard InChI is InChI=1S/C4H9N5/c1-3-9(2)4-5-7-8-6-4/h3H2,1-2H3,(H,5,6,7,8). The van der Waals surface area contributed by atoms with Gasteiger partial charge in [-0.2, -0.15) is 5.21 Å². The first-order valence-electron chi connectivity index (χ1n) is 2.79. The highest BCUT2D eigenvalue weighted by molar-refractivity contribution is 5.22. The van der Waals surface area contributed by atoms with Gasteiger partial charge in [0, 0.05) is 13.6 Å². The van der Waals surface area contributed by atoms with Crippen molar-refractivity contribution < 1.29 is 0 Å². The van der Waals surface area contributed by atoms with Gasteiger partial charge in [-0.25, -0.2) is 0 Å². The summed E-state index contributed by atoms with van der Waals surface area (Å²) in [5.41, 5.74) is 0. The second-order valence-electron chi connectivity index (χ2n) is 1.73. The van der Waals surface area contributed by atoms with Crippen molar-refractivity contribution in [3.63, 3.8) is 0 Å². The van der Waals surface area contributed by atoms with Crippen LogP contribution >= 0.6 is 0 Å². The molecule has 0 aromatic carbocycles. The topological polar surface area (TPSA) is 57.7 Å². The number of hydrogen-bond donors (Lipinski definition) is 1. The number of anilines is 1. The van der Waals surface area contributed by atoms with Crippen LogP contribution in [-0.4, -0.2) is 34.2 Å². The predicted octanol–water partition coefficient (Wildman–Crippen LogP) is -0.344. The first kappa shape index (κ1) is 6.00. The maximum absolute atomic E-state index is 3.77. The van der Waals surface area contributed by atoms with E-state index in [1.807, 2.05) is 18.9 Å². The Bertz CT molecular complexity index is 157. The molecule has 5 nitrogen and oxygen atoms in total. The van der Waals surface area contributed by atoms with Gasteiger partial charge >= 0.3 is 0 Å². The van der Waals surface area contributed by atoms with Crippen LogP contribution < -0.4 is 4.90 Å². The van der Waals surface area contributed by atoms with E-state index >= 15 is 0 Å². The number of aromatic nitrogens is 4. The molecule has 0 saturated heterocycles. The van der Waals surface area contributed by atoms with Gasteiger partial charge in [0.05, 0.1) is 0 Å². The molecule has 1 aromatic heterocycles. The van der Waals surface area contributed by atoms with E-state index < -0.39 is 0 Å². The zero-order valence-corrected chi connectivity index (χ0v) is 5.50. The normalized spacial score (nSPS) is 9.56. The minimum Gasteiger partial charge on any atom is -0.342 e. The molecular weight excluding hydrogens is 118 g/mol. The summed E-state index contributed by atoms with van der Waals surface area (Å²) in [5.74, 6) is 0.637. The van der Waals surface area contributed by atoms with Crippen LogP contribution in [0.4, 0.5) is 5.95 Å². The van der Waals surface area contributed by atoms with Crippen LogP contribution in [0.15, 0.2) is 0 Å². The molecule has 1 aromatic rings. The van der Waals surface area contributed by atoms with Crippen molar-refractivity contribution in [3.8, 4) is 0 Å². The Hall–Kier alpha value is -1.13. The van der Waals surface area contributed by atoms with E-state index in [9.17, 15) is 0 Å². The third kappa shape index (κ3) is 1.16. The van der Waals surface area contributed by atoms with E-state index in [4.69, 9.17) is 0 Å². The van der Waals surface area contributed by atoms with Crippen molar-refractivity contribution in [3.05, 3.63) is 0 Å². The molecule has 1 heterocycles. The van der Waals surface area contributed by atoms with E-state index in [0.29, 0.717) is 5.95 Å². The van der Waals surface area contributed by atoms with Gasteiger partial charge < -0.3 is 4.90 Å². The number of rotatable bonds is 2. The lowest BCUT2D eigenvalue weighted by atomic mass is 10.6. The maximum Gasteiger partial charge on any atom is 0.265 e. The Balaban J connectivity index is 2.65. The summed E-state index contributed by atoms with van der Waals surface area (Å²) in [6, 6.07) is 0. The largest absolute Gasteiger partial charge is 0.342 e. The van der Waals surface area contributed by atoms with Crippen LogP contribution in [-0.2, 0) is 0 Å². The number of nitrogens with zero attached hydrogens (tertiary/aromatic N) is 4. The summed E-state index contributed by atoms with van der Waals surface area (Å²) in [5, 5.41) is 13.3. The molecular formula is C4H9N5. The highest BCUT2D eigenvalue weighted by Crippen LogP contribution is 1.96. The van der Waals surface area contributed by atoms with E-state index in [-0.39, 0.29) is 0 Å². The fourth-order valence-corrected chi connectivity index (χ4v) is 0.460. The van der Waals surface area contributed by atoms with Crippen LogP contribution in [0.3, 0.4) is 0 Å². The van der Waals surface area contributed by atoms with E-state index in [1.54, 1.807) is 0 Å². The maximum atomic E-state index is 3.77. The molecule has 0 aliphatic carbocycles. The zero-order chi connectivity index (χ0) is 6.69. The van der Waals surface area contributed by atoms with Crippen molar-refractivity contribution in [1.82, 2.24) is 20.6 Å². The molecule has 0 unspecified atom stereocenters. The number of tetrazole rings is 1. The molecule has 0 aliphatic heterocycles. The molecule has 0 amide bonds. The van der Waals surface area contributed by atoms with Crippen molar-refractivity contribution >= 4 is 5.95 Å². The van der Waals surface area contributed by atoms with E-state index in [2.05, 4.69) is 20.6 Å². The molecule has 5 heteroatoms. The van der Waals surface area contributed by atoms with Gasteiger partial charge in [0.25, 0.3) is 5.95 Å². The van der Waals surface area contributed by atoms with Crippen molar-refractivity contribution in [2.24, 2.45) is 0 Å². The van der Waals surface area contributed by atoms with E-state index in [0.717, 1.165) is 6.54 Å². The fraction of sp³-hybridized carbons (Fsp3) is 0.750. The highest BCUT2D eigenvalue weighted by Gasteiger charge is 1.99. The highest BCUT2D eigenvalue weighted by atomic mass is 15.5. The van der Waals surface area contributed by atoms with Crippen molar-refractivity contribution in [2.45, 2.75) is 6.92 Å². The quantitative estimate of drug-likeness (QED) is 0.590. The lowest BCUT2D eigenvalue weighted by Crippen LogP contribution is -2.17. The van der Waals surface area contributed by atoms with Crippen LogP contribution in [0.25, 0.3) is 0 Å². The summed E-state index contributed by atoms with van der Waals surface area (Å²) in [6.45, 7) is 2.91. The third-order valence-electron chi connectivity index (χ3n) is 1.15. The van der Waals surface area contributed by atoms with Gasteiger partial charge in [-0.15, -0.1) is 5.10 Å². The van der Waals surface area contributed by atoms with Crippen molar-refractivity contribution in [1.29, 1.82) is 0 Å². The molecule has 0 saturated carbocycles. The Kier molecular flexibility index (Phi) is 1.62. The van der Waals surface area contributed by atoms with Crippen LogP contribution in [0.5, 0.6) is 0 Å². The molecule has 0 spiro atoms. The molecule has 50 valence electrons. The van der Waals surface area contributed by atoms with Crippen LogP contribution in [0, 0.1) is 0 Å². The van der Waals surface area contributed by atoms with Gasteiger partial charge in [-0.1, -0.05) is 5.10 Å². The lowest BCUT2D eigenvalue weighted by molar-refractivity contribution is 0.881. The van der Waals surface area contributed by atoms with Crippen molar-refractivity contribution in [2.75, 3.05) is 18.5 Å². The van der Waals surface area contributed by atoms with Gasteiger partial charge in [0.2, 0.25) is 0 Å². The second-order valence-corrected chi connectivity index (χ2v) is 1.73. The minimum absolute atomic E-state index is 0.637. The van der Waals surface area contributed by atoms with Gasteiger partial charge in [0.15, 0.2) is 0 Å². The molecule has 0 bridgehead atoms. The average molecular weight is 127 g/mol. The third-order valence-corrected chi connectivity index (χ3v) is 1.15. The fourth-order valence-electron chi connectivity index (χ4n) is 0.460. The SMILES string of the molecule is CCN(C)c1nn[nH]n1. The molecule has 0 fully saturated rings. The smallest absolute Gasteiger partial charge is 0.265 e. The van der Waals surface area contributed by atoms with Crippen LogP contribution in [0.2, 0.25) is 0 Å². The molecule has 1 rings (SSSR count). The Morgan fingerprint density at radius 1 is 1.67 bits per heavy atom. The predicted molar refractivity (Wildman–Crippen MR) is 33.1 cm³/mol. The number of aromatic amines is 1. The molecule has 0 radical (unpaired) electrons. The van der Waals surface area contributed by atoms with Gasteiger partial charge in [0.1, 0.15) is 0 Å². The first-order valence-corrected chi connectivity index (χ1v) is 2.79.